The number of nitrogens with zero attached hydrogens (tertiary/aromatic N) is 2. The van der Waals surface area contributed by atoms with Crippen LogP contribution in [0.25, 0.3) is 10.8 Å². The molecule has 4 rings (SSSR count). The Kier molecular flexibility index (Phi) is 7.09. The molecule has 0 amide bonds. The van der Waals surface area contributed by atoms with Gasteiger partial charge in [-0.2, -0.15) is 8.42 Å². The Morgan fingerprint density at radius 1 is 1.09 bits per heavy atom. The van der Waals surface area contributed by atoms with Gasteiger partial charge in [-0.25, -0.2) is 9.78 Å². The van der Waals surface area contributed by atoms with Gasteiger partial charge in [-0.1, -0.05) is 50.2 Å². The van der Waals surface area contributed by atoms with E-state index in [0.717, 1.165) is 27.7 Å². The fraction of sp³-hybridized carbons (Fsp3) is 0.231. The van der Waals surface area contributed by atoms with Crippen molar-refractivity contribution in [2.45, 2.75) is 31.7 Å². The van der Waals surface area contributed by atoms with E-state index in [-0.39, 0.29) is 29.0 Å². The number of fused-ring (bicyclic) bond motifs is 1. The van der Waals surface area contributed by atoms with E-state index in [1.807, 2.05) is 50.2 Å². The van der Waals surface area contributed by atoms with E-state index in [1.165, 1.54) is 16.4 Å². The summed E-state index contributed by atoms with van der Waals surface area (Å²) in [6.45, 7) is 6.09. The molecule has 182 valence electrons. The summed E-state index contributed by atoms with van der Waals surface area (Å²) >= 11 is 1.10. The Morgan fingerprint density at radius 2 is 1.74 bits per heavy atom. The monoisotopic (exact) mass is 510 g/mol. The van der Waals surface area contributed by atoms with Gasteiger partial charge in [-0.05, 0) is 53.4 Å². The van der Waals surface area contributed by atoms with Gasteiger partial charge < -0.3 is 9.84 Å². The van der Waals surface area contributed by atoms with E-state index in [4.69, 9.17) is 9.84 Å². The lowest BCUT2D eigenvalue weighted by Gasteiger charge is -2.27. The van der Waals surface area contributed by atoms with Gasteiger partial charge in [-0.3, -0.25) is 4.31 Å². The van der Waals surface area contributed by atoms with Crippen molar-refractivity contribution in [2.75, 3.05) is 10.8 Å². The second kappa shape index (κ2) is 10.1. The van der Waals surface area contributed by atoms with Gasteiger partial charge in [0.1, 0.15) is 12.4 Å². The van der Waals surface area contributed by atoms with Crippen LogP contribution in [0.1, 0.15) is 35.5 Å². The molecule has 0 unspecified atom stereocenters. The molecule has 0 bridgehead atoms. The number of anilines is 1. The van der Waals surface area contributed by atoms with E-state index in [1.54, 1.807) is 24.4 Å². The van der Waals surface area contributed by atoms with E-state index >= 15 is 0 Å². The second-order valence-electron chi connectivity index (χ2n) is 8.64. The van der Waals surface area contributed by atoms with Crippen molar-refractivity contribution < 1.29 is 23.1 Å². The van der Waals surface area contributed by atoms with Crippen LogP contribution in [0, 0.1) is 12.8 Å². The van der Waals surface area contributed by atoms with Gasteiger partial charge in [0.2, 0.25) is 4.34 Å². The average molecular weight is 511 g/mol. The minimum absolute atomic E-state index is 0.0408. The Bertz CT molecular complexity index is 1460. The van der Waals surface area contributed by atoms with Crippen LogP contribution in [0.5, 0.6) is 5.75 Å². The maximum Gasteiger partial charge on any atom is 0.335 e. The highest BCUT2D eigenvalue weighted by molar-refractivity contribution is 7.94. The van der Waals surface area contributed by atoms with Crippen molar-refractivity contribution in [3.8, 4) is 5.75 Å². The lowest BCUT2D eigenvalue weighted by atomic mass is 10.1. The van der Waals surface area contributed by atoms with Gasteiger partial charge >= 0.3 is 5.97 Å². The van der Waals surface area contributed by atoms with Gasteiger partial charge in [0, 0.05) is 17.6 Å². The van der Waals surface area contributed by atoms with Crippen molar-refractivity contribution in [1.82, 2.24) is 4.98 Å². The molecule has 9 heteroatoms. The molecule has 35 heavy (non-hydrogen) atoms. The first kappa shape index (κ1) is 24.7. The molecular formula is C26H26N2O5S2. The van der Waals surface area contributed by atoms with Crippen LogP contribution >= 0.6 is 11.3 Å². The minimum atomic E-state index is -3.92. The molecule has 1 N–H and O–H groups in total. The first-order valence-electron chi connectivity index (χ1n) is 11.1. The van der Waals surface area contributed by atoms with Gasteiger partial charge in [-0.15, -0.1) is 11.3 Å². The number of hydrogen-bond acceptors (Lipinski definition) is 6. The molecule has 0 spiro atoms. The summed E-state index contributed by atoms with van der Waals surface area (Å²) in [7, 11) is -3.92. The van der Waals surface area contributed by atoms with Gasteiger partial charge in [0.15, 0.2) is 0 Å². The molecule has 3 aromatic carbocycles. The van der Waals surface area contributed by atoms with Crippen molar-refractivity contribution in [1.29, 1.82) is 0 Å². The lowest BCUT2D eigenvalue weighted by molar-refractivity contribution is 0.0697. The number of sulfonamides is 1. The number of benzene rings is 3. The summed E-state index contributed by atoms with van der Waals surface area (Å²) in [6, 6.07) is 17.8. The van der Waals surface area contributed by atoms with Crippen molar-refractivity contribution in [3.63, 3.8) is 0 Å². The second-order valence-corrected chi connectivity index (χ2v) is 11.5. The zero-order valence-corrected chi connectivity index (χ0v) is 21.3. The Morgan fingerprint density at radius 3 is 2.31 bits per heavy atom. The number of rotatable bonds is 9. The summed E-state index contributed by atoms with van der Waals surface area (Å²) in [6.07, 6.45) is 0. The zero-order chi connectivity index (χ0) is 25.2. The topological polar surface area (TPSA) is 96.8 Å². The molecule has 0 saturated carbocycles. The normalized spacial score (nSPS) is 11.7. The molecule has 0 aliphatic rings. The molecule has 0 saturated heterocycles. The third kappa shape index (κ3) is 5.47. The maximum atomic E-state index is 13.7. The zero-order valence-electron chi connectivity index (χ0n) is 19.6. The average Bonchev–Trinajstić information content (AvgIpc) is 3.28. The van der Waals surface area contributed by atoms with E-state index in [2.05, 4.69) is 4.98 Å². The number of carbonyl (C=O) groups is 1. The molecule has 7 nitrogen and oxygen atoms in total. The first-order valence-corrected chi connectivity index (χ1v) is 13.4. The number of carboxylic acids is 1. The fourth-order valence-corrected chi connectivity index (χ4v) is 6.39. The summed E-state index contributed by atoms with van der Waals surface area (Å²) in [4.78, 5) is 15.4. The SMILES string of the molecule is Cc1csc(S(=O)(=O)N(CC(C)C)c2cc3ccccc3cc2OCc2ccc(C(=O)O)cc2)n1. The molecule has 0 radical (unpaired) electrons. The van der Waals surface area contributed by atoms with E-state index in [0.29, 0.717) is 17.1 Å². The molecule has 0 atom stereocenters. The first-order chi connectivity index (χ1) is 16.6. The molecular weight excluding hydrogens is 484 g/mol. The summed E-state index contributed by atoms with van der Waals surface area (Å²) in [5.74, 6) is -0.529. The number of aromatic carboxylic acids is 1. The largest absolute Gasteiger partial charge is 0.487 e. The summed E-state index contributed by atoms with van der Waals surface area (Å²) in [5.41, 5.74) is 2.04. The van der Waals surface area contributed by atoms with Crippen molar-refractivity contribution in [2.24, 2.45) is 5.92 Å². The highest BCUT2D eigenvalue weighted by Gasteiger charge is 2.31. The smallest absolute Gasteiger partial charge is 0.335 e. The van der Waals surface area contributed by atoms with Crippen LogP contribution in [0.2, 0.25) is 0 Å². The maximum absolute atomic E-state index is 13.7. The van der Waals surface area contributed by atoms with Crippen molar-refractivity contribution >= 4 is 43.8 Å². The number of hydrogen-bond donors (Lipinski definition) is 1. The molecule has 4 aromatic rings. The van der Waals surface area contributed by atoms with Crippen LogP contribution in [0.15, 0.2) is 70.4 Å². The molecule has 1 heterocycles. The highest BCUT2D eigenvalue weighted by Crippen LogP contribution is 2.38. The minimum Gasteiger partial charge on any atom is -0.487 e. The van der Waals surface area contributed by atoms with E-state index < -0.39 is 16.0 Å². The van der Waals surface area contributed by atoms with Crippen LogP contribution in [-0.2, 0) is 16.6 Å². The quantitative estimate of drug-likeness (QED) is 0.309. The Labute approximate surface area is 208 Å². The number of aromatic nitrogens is 1. The summed E-state index contributed by atoms with van der Waals surface area (Å²) < 4.78 is 35.0. The van der Waals surface area contributed by atoms with Crippen LogP contribution in [0.4, 0.5) is 5.69 Å². The number of thiazole rings is 1. The van der Waals surface area contributed by atoms with Crippen LogP contribution < -0.4 is 9.04 Å². The highest BCUT2D eigenvalue weighted by atomic mass is 32.2. The van der Waals surface area contributed by atoms with Gasteiger partial charge in [0.05, 0.1) is 11.3 Å². The predicted octanol–water partition coefficient (Wildman–Crippen LogP) is 5.73. The lowest BCUT2D eigenvalue weighted by Crippen LogP contribution is -2.34. The molecule has 1 aromatic heterocycles. The Balaban J connectivity index is 1.78. The standard InChI is InChI=1S/C26H26N2O5S2/c1-17(2)14-28(35(31,32)26-27-18(3)16-34-26)23-12-21-6-4-5-7-22(21)13-24(23)33-15-19-8-10-20(11-9-19)25(29)30/h4-13,16-17H,14-15H2,1-3H3,(H,29,30). The molecule has 0 aliphatic carbocycles. The number of aryl methyl sites for hydroxylation is 1. The summed E-state index contributed by atoms with van der Waals surface area (Å²) in [5, 5.41) is 12.7. The van der Waals surface area contributed by atoms with Gasteiger partial charge in [0.25, 0.3) is 10.0 Å². The number of carboxylic acid groups (broad SMARTS) is 1. The fourth-order valence-electron chi connectivity index (χ4n) is 3.63. The predicted molar refractivity (Wildman–Crippen MR) is 138 cm³/mol. The van der Waals surface area contributed by atoms with Crippen molar-refractivity contribution in [3.05, 3.63) is 82.9 Å². The third-order valence-electron chi connectivity index (χ3n) is 5.33. The third-order valence-corrected chi connectivity index (χ3v) is 8.46. The molecule has 0 fully saturated rings. The van der Waals surface area contributed by atoms with Crippen LogP contribution in [-0.4, -0.2) is 31.0 Å². The number of ether oxygens (including phenoxy) is 1. The Hall–Kier alpha value is -3.43. The van der Waals surface area contributed by atoms with E-state index in [9.17, 15) is 13.2 Å². The molecule has 0 aliphatic heterocycles. The van der Waals surface area contributed by atoms with Crippen LogP contribution in [0.3, 0.4) is 0 Å².